The summed E-state index contributed by atoms with van der Waals surface area (Å²) < 4.78 is 78.4. The topological polar surface area (TPSA) is 0 Å². The van der Waals surface area contributed by atoms with E-state index in [1.165, 1.54) is 0 Å². The molecule has 0 saturated heterocycles. The molecule has 2 aromatic rings. The first-order valence-corrected chi connectivity index (χ1v) is 8.68. The summed E-state index contributed by atoms with van der Waals surface area (Å²) in [4.78, 5) is 0. The molecule has 0 N–H and O–H groups in total. The van der Waals surface area contributed by atoms with E-state index in [-0.39, 0.29) is 17.5 Å². The summed E-state index contributed by atoms with van der Waals surface area (Å²) in [5.74, 6) is -0.209. The maximum absolute atomic E-state index is 13.1. The minimum absolute atomic E-state index is 0.0338. The molecule has 0 aliphatic carbocycles. The van der Waals surface area contributed by atoms with Gasteiger partial charge in [0.05, 0.1) is 11.1 Å². The van der Waals surface area contributed by atoms with Crippen LogP contribution >= 0.6 is 0 Å². The van der Waals surface area contributed by atoms with Crippen molar-refractivity contribution >= 4 is 0 Å². The third kappa shape index (κ3) is 5.27. The number of rotatable bonds is 4. The third-order valence-electron chi connectivity index (χ3n) is 4.74. The molecule has 0 saturated carbocycles. The van der Waals surface area contributed by atoms with Crippen LogP contribution in [0.1, 0.15) is 66.0 Å². The van der Waals surface area contributed by atoms with Gasteiger partial charge in [-0.1, -0.05) is 39.0 Å². The molecule has 0 bridgehead atoms. The van der Waals surface area contributed by atoms with Crippen molar-refractivity contribution in [1.82, 2.24) is 0 Å². The Bertz CT molecular complexity index is 767. The average Bonchev–Trinajstić information content (AvgIpc) is 2.54. The third-order valence-corrected chi connectivity index (χ3v) is 4.74. The highest BCUT2D eigenvalue weighted by Crippen LogP contribution is 2.38. The molecular weight excluding hydrogens is 366 g/mol. The largest absolute Gasteiger partial charge is 0.416 e. The smallest absolute Gasteiger partial charge is 0.166 e. The molecule has 0 aromatic heterocycles. The van der Waals surface area contributed by atoms with Crippen LogP contribution in [0.5, 0.6) is 0 Å². The van der Waals surface area contributed by atoms with Gasteiger partial charge in [-0.25, -0.2) is 0 Å². The molecule has 0 aliphatic heterocycles. The fourth-order valence-corrected chi connectivity index (χ4v) is 2.98. The molecule has 0 nitrogen and oxygen atoms in total. The van der Waals surface area contributed by atoms with E-state index in [2.05, 4.69) is 0 Å². The zero-order chi connectivity index (χ0) is 20.6. The molecule has 6 heteroatoms. The van der Waals surface area contributed by atoms with E-state index in [1.54, 1.807) is 6.92 Å². The highest BCUT2D eigenvalue weighted by atomic mass is 19.4. The van der Waals surface area contributed by atoms with E-state index in [0.29, 0.717) is 6.42 Å². The van der Waals surface area contributed by atoms with Gasteiger partial charge >= 0.3 is 12.4 Å². The minimum atomic E-state index is -4.83. The fourth-order valence-electron chi connectivity index (χ4n) is 2.98. The van der Waals surface area contributed by atoms with Crippen LogP contribution in [0.2, 0.25) is 0 Å². The molecule has 2 rings (SSSR count). The number of halogens is 6. The first kappa shape index (κ1) is 21.3. The van der Waals surface area contributed by atoms with Crippen molar-refractivity contribution in [3.05, 3.63) is 69.8 Å². The van der Waals surface area contributed by atoms with Gasteiger partial charge in [-0.2, -0.15) is 26.3 Å². The molecule has 27 heavy (non-hydrogen) atoms. The predicted molar refractivity (Wildman–Crippen MR) is 93.8 cm³/mol. The van der Waals surface area contributed by atoms with E-state index in [0.717, 1.165) is 28.8 Å². The Hall–Kier alpha value is -1.98. The Morgan fingerprint density at radius 2 is 1.26 bits per heavy atom. The van der Waals surface area contributed by atoms with Crippen molar-refractivity contribution in [2.24, 2.45) is 0 Å². The molecule has 0 fully saturated rings. The van der Waals surface area contributed by atoms with Gasteiger partial charge in [-0.15, -0.1) is 0 Å². The van der Waals surface area contributed by atoms with Crippen LogP contribution in [0, 0.1) is 6.92 Å². The Morgan fingerprint density at radius 3 is 1.70 bits per heavy atom. The van der Waals surface area contributed by atoms with Crippen LogP contribution in [0.3, 0.4) is 0 Å². The lowest BCUT2D eigenvalue weighted by atomic mass is 9.88. The summed E-state index contributed by atoms with van der Waals surface area (Å²) in [6.45, 7) is 7.59. The Labute approximate surface area is 155 Å². The number of benzene rings is 2. The van der Waals surface area contributed by atoms with Gasteiger partial charge in [0.25, 0.3) is 0 Å². The quantitative estimate of drug-likeness (QED) is 0.476. The zero-order valence-corrected chi connectivity index (χ0v) is 15.6. The SMILES string of the molecule is Cc1ccc(C(C)C)cc1CC(C)c1cc(C(F)(F)F)cc(C(F)(F)F)c1. The van der Waals surface area contributed by atoms with Gasteiger partial charge in [-0.05, 0) is 65.6 Å². The lowest BCUT2D eigenvalue weighted by molar-refractivity contribution is -0.143. The van der Waals surface area contributed by atoms with Gasteiger partial charge in [0.2, 0.25) is 0 Å². The van der Waals surface area contributed by atoms with Crippen LogP contribution in [0.4, 0.5) is 26.3 Å². The summed E-state index contributed by atoms with van der Waals surface area (Å²) in [7, 11) is 0. The highest BCUT2D eigenvalue weighted by molar-refractivity contribution is 5.38. The summed E-state index contributed by atoms with van der Waals surface area (Å²) >= 11 is 0. The number of alkyl halides is 6. The van der Waals surface area contributed by atoms with E-state index in [1.807, 2.05) is 39.0 Å². The predicted octanol–water partition coefficient (Wildman–Crippen LogP) is 7.50. The first-order chi connectivity index (χ1) is 12.3. The molecule has 0 heterocycles. The van der Waals surface area contributed by atoms with E-state index in [4.69, 9.17) is 0 Å². The first-order valence-electron chi connectivity index (χ1n) is 8.68. The summed E-state index contributed by atoms with van der Waals surface area (Å²) in [6.07, 6.45) is -9.29. The van der Waals surface area contributed by atoms with Crippen molar-refractivity contribution in [3.63, 3.8) is 0 Å². The lowest BCUT2D eigenvalue weighted by Gasteiger charge is -2.19. The molecule has 0 radical (unpaired) electrons. The van der Waals surface area contributed by atoms with Crippen molar-refractivity contribution in [3.8, 4) is 0 Å². The summed E-state index contributed by atoms with van der Waals surface area (Å²) in [5, 5.41) is 0. The molecule has 0 spiro atoms. The van der Waals surface area contributed by atoms with Crippen molar-refractivity contribution in [2.75, 3.05) is 0 Å². The van der Waals surface area contributed by atoms with Crippen LogP contribution in [0.25, 0.3) is 0 Å². The van der Waals surface area contributed by atoms with Crippen molar-refractivity contribution in [1.29, 1.82) is 0 Å². The number of hydrogen-bond acceptors (Lipinski definition) is 0. The van der Waals surface area contributed by atoms with Crippen LogP contribution in [0.15, 0.2) is 36.4 Å². The highest BCUT2D eigenvalue weighted by Gasteiger charge is 2.37. The van der Waals surface area contributed by atoms with Gasteiger partial charge in [0.1, 0.15) is 0 Å². The van der Waals surface area contributed by atoms with Gasteiger partial charge in [-0.3, -0.25) is 0 Å². The van der Waals surface area contributed by atoms with Gasteiger partial charge < -0.3 is 0 Å². The van der Waals surface area contributed by atoms with Crippen LogP contribution in [-0.4, -0.2) is 0 Å². The monoisotopic (exact) mass is 388 g/mol. The molecule has 0 amide bonds. The maximum Gasteiger partial charge on any atom is 0.416 e. The van der Waals surface area contributed by atoms with E-state index >= 15 is 0 Å². The molecule has 2 aromatic carbocycles. The Morgan fingerprint density at radius 1 is 0.741 bits per heavy atom. The van der Waals surface area contributed by atoms with Gasteiger partial charge in [0, 0.05) is 0 Å². The Balaban J connectivity index is 2.44. The zero-order valence-electron chi connectivity index (χ0n) is 15.6. The molecule has 0 aliphatic rings. The molecule has 1 unspecified atom stereocenters. The standard InChI is InChI=1S/C21H22F6/c1-12(2)15-6-5-13(3)16(8-15)7-14(4)17-9-18(20(22,23)24)11-19(10-17)21(25,26)27/h5-6,8-12,14H,7H2,1-4H3. The lowest BCUT2D eigenvalue weighted by Crippen LogP contribution is -2.13. The summed E-state index contributed by atoms with van der Waals surface area (Å²) in [6, 6.07) is 7.71. The van der Waals surface area contributed by atoms with E-state index < -0.39 is 29.4 Å². The summed E-state index contributed by atoms with van der Waals surface area (Å²) in [5.41, 5.74) is 0.474. The molecular formula is C21H22F6. The maximum atomic E-state index is 13.1. The average molecular weight is 388 g/mol. The van der Waals surface area contributed by atoms with Crippen LogP contribution < -0.4 is 0 Å². The second-order valence-electron chi connectivity index (χ2n) is 7.29. The fraction of sp³-hybridized carbons (Fsp3) is 0.429. The Kier molecular flexibility index (Phi) is 5.97. The number of aryl methyl sites for hydroxylation is 1. The molecule has 1 atom stereocenters. The number of hydrogen-bond donors (Lipinski definition) is 0. The second-order valence-corrected chi connectivity index (χ2v) is 7.29. The second kappa shape index (κ2) is 7.56. The molecule has 148 valence electrons. The van der Waals surface area contributed by atoms with Gasteiger partial charge in [0.15, 0.2) is 0 Å². The minimum Gasteiger partial charge on any atom is -0.166 e. The van der Waals surface area contributed by atoms with Crippen LogP contribution in [-0.2, 0) is 18.8 Å². The normalized spacial score (nSPS) is 13.9. The van der Waals surface area contributed by atoms with E-state index in [9.17, 15) is 26.3 Å². The van der Waals surface area contributed by atoms with Crippen molar-refractivity contribution < 1.29 is 26.3 Å². The van der Waals surface area contributed by atoms with Crippen molar-refractivity contribution in [2.45, 2.75) is 58.3 Å².